The van der Waals surface area contributed by atoms with Gasteiger partial charge in [0.05, 0.1) is 23.9 Å². The predicted molar refractivity (Wildman–Crippen MR) is 132 cm³/mol. The van der Waals surface area contributed by atoms with Crippen molar-refractivity contribution >= 4 is 22.5 Å². The molecule has 1 saturated heterocycles. The summed E-state index contributed by atoms with van der Waals surface area (Å²) in [7, 11) is 2.06. The summed E-state index contributed by atoms with van der Waals surface area (Å²) in [5.74, 6) is 1.17. The van der Waals surface area contributed by atoms with Crippen molar-refractivity contribution in [2.75, 3.05) is 20.1 Å². The van der Waals surface area contributed by atoms with Gasteiger partial charge in [0.15, 0.2) is 0 Å². The summed E-state index contributed by atoms with van der Waals surface area (Å²) in [5, 5.41) is 5.66. The molecule has 0 saturated carbocycles. The van der Waals surface area contributed by atoms with E-state index in [0.29, 0.717) is 6.42 Å². The Balaban J connectivity index is 1.48. The Bertz CT molecular complexity index is 1110. The van der Waals surface area contributed by atoms with Crippen LogP contribution >= 0.6 is 0 Å². The molecular weight excluding hydrogens is 412 g/mol. The fourth-order valence-electron chi connectivity index (χ4n) is 4.63. The van der Waals surface area contributed by atoms with Crippen molar-refractivity contribution in [3.05, 3.63) is 54.5 Å². The van der Waals surface area contributed by atoms with Gasteiger partial charge in [-0.3, -0.25) is 4.79 Å². The molecule has 174 valence electrons. The molecule has 2 heterocycles. The zero-order chi connectivity index (χ0) is 23.2. The number of carbonyl (C=O) groups is 2. The molecule has 1 fully saturated rings. The summed E-state index contributed by atoms with van der Waals surface area (Å²) in [6.07, 6.45) is 6.98. The van der Waals surface area contributed by atoms with Gasteiger partial charge in [0.25, 0.3) is 0 Å². The van der Waals surface area contributed by atoms with Crippen molar-refractivity contribution < 1.29 is 9.59 Å². The first-order valence-corrected chi connectivity index (χ1v) is 12.0. The molecular formula is C27H34N4O2. The highest BCUT2D eigenvalue weighted by Crippen LogP contribution is 2.26. The number of amides is 1. The van der Waals surface area contributed by atoms with E-state index in [1.165, 1.54) is 10.8 Å². The molecule has 2 N–H and O–H groups in total. The normalized spacial score (nSPS) is 17.3. The topological polar surface area (TPSA) is 78.1 Å². The van der Waals surface area contributed by atoms with Gasteiger partial charge in [0.2, 0.25) is 5.91 Å². The molecule has 0 bridgehead atoms. The second-order valence-electron chi connectivity index (χ2n) is 9.35. The van der Waals surface area contributed by atoms with Gasteiger partial charge in [-0.1, -0.05) is 49.2 Å². The fourth-order valence-corrected chi connectivity index (χ4v) is 4.63. The first kappa shape index (κ1) is 23.2. The number of nitrogens with zero attached hydrogens (tertiary/aromatic N) is 2. The maximum atomic E-state index is 13.0. The van der Waals surface area contributed by atoms with Gasteiger partial charge in [0.1, 0.15) is 11.6 Å². The minimum Gasteiger partial charge on any atom is -0.346 e. The van der Waals surface area contributed by atoms with Gasteiger partial charge in [-0.2, -0.15) is 0 Å². The Kier molecular flexibility index (Phi) is 7.55. The highest BCUT2D eigenvalue weighted by Gasteiger charge is 2.28. The summed E-state index contributed by atoms with van der Waals surface area (Å²) in [6.45, 7) is 3.40. The number of carbonyl (C=O) groups excluding carboxylic acids is 2. The third-order valence-corrected chi connectivity index (χ3v) is 6.59. The monoisotopic (exact) mass is 446 g/mol. The van der Waals surface area contributed by atoms with Gasteiger partial charge in [-0.05, 0) is 56.6 Å². The molecule has 0 unspecified atom stereocenters. The predicted octanol–water partition coefficient (Wildman–Crippen LogP) is 4.88. The van der Waals surface area contributed by atoms with E-state index < -0.39 is 0 Å². The molecule has 33 heavy (non-hydrogen) atoms. The van der Waals surface area contributed by atoms with Gasteiger partial charge >= 0.3 is 0 Å². The molecule has 6 nitrogen and oxygen atoms in total. The summed E-state index contributed by atoms with van der Waals surface area (Å²) >= 11 is 0. The molecule has 2 aromatic carbocycles. The van der Waals surface area contributed by atoms with E-state index in [1.54, 1.807) is 6.92 Å². The number of fused-ring (bicyclic) bond motifs is 1. The number of unbranched alkanes of at least 4 members (excludes halogenated alkanes) is 2. The van der Waals surface area contributed by atoms with E-state index in [4.69, 9.17) is 0 Å². The van der Waals surface area contributed by atoms with Crippen LogP contribution in [0.4, 0.5) is 0 Å². The van der Waals surface area contributed by atoms with Crippen LogP contribution in [0.15, 0.2) is 48.7 Å². The number of hydrogen-bond donors (Lipinski definition) is 2. The van der Waals surface area contributed by atoms with E-state index in [2.05, 4.69) is 57.6 Å². The highest BCUT2D eigenvalue weighted by atomic mass is 16.2. The summed E-state index contributed by atoms with van der Waals surface area (Å²) < 4.78 is 0. The number of imidazole rings is 1. The number of hydrogen-bond acceptors (Lipinski definition) is 4. The number of nitrogens with one attached hydrogen (secondary N) is 2. The van der Waals surface area contributed by atoms with Crippen LogP contribution in [0.3, 0.4) is 0 Å². The number of rotatable bonds is 10. The molecule has 0 spiro atoms. The van der Waals surface area contributed by atoms with Gasteiger partial charge < -0.3 is 20.0 Å². The van der Waals surface area contributed by atoms with Crippen LogP contribution in [-0.4, -0.2) is 46.7 Å². The second kappa shape index (κ2) is 10.8. The van der Waals surface area contributed by atoms with Crippen molar-refractivity contribution in [3.63, 3.8) is 0 Å². The van der Waals surface area contributed by atoms with Crippen LogP contribution in [-0.2, 0) is 9.59 Å². The number of benzene rings is 2. The molecule has 3 aromatic rings. The van der Waals surface area contributed by atoms with Crippen LogP contribution in [0.2, 0.25) is 0 Å². The number of aromatic nitrogens is 2. The van der Waals surface area contributed by atoms with Gasteiger partial charge in [-0.15, -0.1) is 0 Å². The lowest BCUT2D eigenvalue weighted by molar-refractivity contribution is -0.125. The van der Waals surface area contributed by atoms with Gasteiger partial charge in [0, 0.05) is 18.5 Å². The quantitative estimate of drug-likeness (QED) is 0.435. The first-order chi connectivity index (χ1) is 16.0. The molecule has 0 aliphatic carbocycles. The smallest absolute Gasteiger partial charge is 0.225 e. The zero-order valence-electron chi connectivity index (χ0n) is 19.6. The largest absolute Gasteiger partial charge is 0.346 e. The molecule has 1 aliphatic rings. The van der Waals surface area contributed by atoms with Crippen LogP contribution < -0.4 is 5.32 Å². The third kappa shape index (κ3) is 6.08. The van der Waals surface area contributed by atoms with Crippen LogP contribution in [0.5, 0.6) is 0 Å². The highest BCUT2D eigenvalue weighted by molar-refractivity contribution is 5.86. The summed E-state index contributed by atoms with van der Waals surface area (Å²) in [6, 6.07) is 14.5. The molecule has 0 radical (unpaired) electrons. The van der Waals surface area contributed by atoms with E-state index in [0.717, 1.165) is 62.3 Å². The van der Waals surface area contributed by atoms with Crippen LogP contribution in [0.25, 0.3) is 22.0 Å². The number of Topliss-reactive ketones (excluding diaryl/α,β-unsaturated/α-hetero) is 1. The van der Waals surface area contributed by atoms with E-state index in [-0.39, 0.29) is 23.7 Å². The number of aromatic amines is 1. The lowest BCUT2D eigenvalue weighted by Gasteiger charge is -2.19. The molecule has 2 atom stereocenters. The lowest BCUT2D eigenvalue weighted by atomic mass is 10.0. The minimum absolute atomic E-state index is 0.0325. The third-order valence-electron chi connectivity index (χ3n) is 6.59. The average molecular weight is 447 g/mol. The second-order valence-corrected chi connectivity index (χ2v) is 9.35. The van der Waals surface area contributed by atoms with Crippen LogP contribution in [0, 0.1) is 5.92 Å². The number of ketones is 1. The zero-order valence-corrected chi connectivity index (χ0v) is 19.6. The fraction of sp³-hybridized carbons (Fsp3) is 0.444. The standard InChI is InChI=1S/C27H34N4O2/c1-19(32)8-4-3-5-11-24(30-27(33)23-14-15-31(2)18-23)26-28-17-25(29-26)22-13-12-20-9-6-7-10-21(20)16-22/h6-7,9-10,12-13,16-17,23-24H,3-5,8,11,14-15,18H2,1-2H3,(H,28,29)(H,30,33)/t23-,24-/m0/s1. The maximum absolute atomic E-state index is 13.0. The number of H-pyrrole nitrogens is 1. The van der Waals surface area contributed by atoms with E-state index in [1.807, 2.05) is 18.3 Å². The molecule has 4 rings (SSSR count). The molecule has 1 amide bonds. The van der Waals surface area contributed by atoms with E-state index >= 15 is 0 Å². The van der Waals surface area contributed by atoms with Crippen molar-refractivity contribution in [2.45, 2.75) is 51.5 Å². The van der Waals surface area contributed by atoms with E-state index in [9.17, 15) is 9.59 Å². The minimum atomic E-state index is -0.157. The van der Waals surface area contributed by atoms with Crippen LogP contribution in [0.1, 0.15) is 57.3 Å². The number of likely N-dealkylation sites (tertiary alicyclic amines) is 1. The Hall–Kier alpha value is -2.99. The van der Waals surface area contributed by atoms with Crippen molar-refractivity contribution in [1.29, 1.82) is 0 Å². The van der Waals surface area contributed by atoms with Gasteiger partial charge in [-0.25, -0.2) is 4.98 Å². The average Bonchev–Trinajstić information content (AvgIpc) is 3.47. The lowest BCUT2D eigenvalue weighted by Crippen LogP contribution is -2.35. The first-order valence-electron chi connectivity index (χ1n) is 12.0. The Morgan fingerprint density at radius 3 is 2.73 bits per heavy atom. The Labute approximate surface area is 195 Å². The SMILES string of the molecule is CC(=O)CCCCC[C@H](NC(=O)[C@H]1CCN(C)C1)c1ncc(-c2ccc3ccccc3c2)[nH]1. The Morgan fingerprint density at radius 1 is 1.15 bits per heavy atom. The summed E-state index contributed by atoms with van der Waals surface area (Å²) in [5.41, 5.74) is 2.03. The Morgan fingerprint density at radius 2 is 1.97 bits per heavy atom. The molecule has 6 heteroatoms. The molecule has 1 aromatic heterocycles. The molecule has 1 aliphatic heterocycles. The maximum Gasteiger partial charge on any atom is 0.225 e. The summed E-state index contributed by atoms with van der Waals surface area (Å²) in [4.78, 5) is 34.5. The van der Waals surface area contributed by atoms with Crippen molar-refractivity contribution in [1.82, 2.24) is 20.2 Å². The van der Waals surface area contributed by atoms with Crippen molar-refractivity contribution in [3.8, 4) is 11.3 Å². The van der Waals surface area contributed by atoms with Crippen molar-refractivity contribution in [2.24, 2.45) is 5.92 Å².